The normalized spacial score (nSPS) is 12.7. The Morgan fingerprint density at radius 2 is 1.26 bits per heavy atom. The van der Waals surface area contributed by atoms with E-state index in [2.05, 4.69) is 0 Å². The zero-order valence-corrected chi connectivity index (χ0v) is 12.3. The predicted octanol–water partition coefficient (Wildman–Crippen LogP) is -2.19. The van der Waals surface area contributed by atoms with Gasteiger partial charge in [0.1, 0.15) is 25.2 Å². The van der Waals surface area contributed by atoms with E-state index in [0.717, 1.165) is 0 Å². The largest absolute Gasteiger partial charge is 0.481 e. The number of hydrogen-bond acceptors (Lipinski definition) is 8. The number of hydrogen-bond donors (Lipinski definition) is 5. The molecule has 0 aliphatic heterocycles. The fourth-order valence-electron chi connectivity index (χ4n) is 1.77. The molecule has 0 amide bonds. The number of ether oxygens (including phenoxy) is 1. The van der Waals surface area contributed by atoms with Crippen LogP contribution in [0.25, 0.3) is 0 Å². The van der Waals surface area contributed by atoms with Crippen molar-refractivity contribution in [2.45, 2.75) is 25.4 Å². The second-order valence-corrected chi connectivity index (χ2v) is 5.06. The van der Waals surface area contributed by atoms with E-state index in [1.54, 1.807) is 0 Å². The molecule has 0 aliphatic rings. The molecule has 0 heterocycles. The average Bonchev–Trinajstić information content (AvgIpc) is 2.45. The molecule has 0 bridgehead atoms. The van der Waals surface area contributed by atoms with Gasteiger partial charge in [0.15, 0.2) is 5.78 Å². The number of Topliss-reactive ketones (excluding diaryl/α,β-unsaturated/α-hetero) is 2. The highest BCUT2D eigenvalue weighted by molar-refractivity contribution is 5.96. The van der Waals surface area contributed by atoms with Crippen molar-refractivity contribution in [2.24, 2.45) is 5.41 Å². The highest BCUT2D eigenvalue weighted by Crippen LogP contribution is 2.26. The molecule has 0 radical (unpaired) electrons. The zero-order chi connectivity index (χ0) is 18.0. The molecule has 10 heteroatoms. The van der Waals surface area contributed by atoms with Gasteiger partial charge in [0, 0.05) is 6.42 Å². The van der Waals surface area contributed by atoms with E-state index < -0.39 is 80.7 Å². The van der Waals surface area contributed by atoms with Crippen LogP contribution in [0, 0.1) is 5.41 Å². The van der Waals surface area contributed by atoms with Crippen LogP contribution in [0.5, 0.6) is 0 Å². The average molecular weight is 336 g/mol. The van der Waals surface area contributed by atoms with Gasteiger partial charge in [-0.3, -0.25) is 19.2 Å². The van der Waals surface area contributed by atoms with Crippen molar-refractivity contribution < 1.29 is 49.4 Å². The Hall–Kier alpha value is -1.88. The third-order valence-electron chi connectivity index (χ3n) is 3.18. The molecule has 0 spiro atoms. The van der Waals surface area contributed by atoms with Gasteiger partial charge >= 0.3 is 11.9 Å². The molecular weight excluding hydrogens is 316 g/mol. The second kappa shape index (κ2) is 10.0. The summed E-state index contributed by atoms with van der Waals surface area (Å²) in [5.41, 5.74) is -1.68. The minimum atomic E-state index is -1.68. The summed E-state index contributed by atoms with van der Waals surface area (Å²) in [6.07, 6.45) is -3.58. The smallest absolute Gasteiger partial charge is 0.310 e. The van der Waals surface area contributed by atoms with Crippen LogP contribution in [0.2, 0.25) is 0 Å². The minimum Gasteiger partial charge on any atom is -0.481 e. The number of carboxylic acid groups (broad SMARTS) is 2. The lowest BCUT2D eigenvalue weighted by Gasteiger charge is -2.35. The van der Waals surface area contributed by atoms with E-state index in [0.29, 0.717) is 0 Å². The highest BCUT2D eigenvalue weighted by Gasteiger charge is 2.40. The molecule has 0 saturated carbocycles. The van der Waals surface area contributed by atoms with E-state index in [1.165, 1.54) is 0 Å². The lowest BCUT2D eigenvalue weighted by Crippen LogP contribution is -2.48. The molecule has 23 heavy (non-hydrogen) atoms. The first-order valence-corrected chi connectivity index (χ1v) is 6.62. The van der Waals surface area contributed by atoms with Crippen LogP contribution >= 0.6 is 0 Å². The van der Waals surface area contributed by atoms with Crippen LogP contribution in [0.1, 0.15) is 19.3 Å². The Morgan fingerprint density at radius 3 is 1.65 bits per heavy atom. The first-order chi connectivity index (χ1) is 10.7. The van der Waals surface area contributed by atoms with Gasteiger partial charge in [-0.1, -0.05) is 0 Å². The lowest BCUT2D eigenvalue weighted by molar-refractivity contribution is -0.152. The summed E-state index contributed by atoms with van der Waals surface area (Å²) in [4.78, 5) is 43.8. The van der Waals surface area contributed by atoms with Crippen LogP contribution in [0.3, 0.4) is 0 Å². The lowest BCUT2D eigenvalue weighted by atomic mass is 9.81. The predicted molar refractivity (Wildman–Crippen MR) is 72.6 cm³/mol. The monoisotopic (exact) mass is 336 g/mol. The van der Waals surface area contributed by atoms with E-state index in [4.69, 9.17) is 14.9 Å². The Balaban J connectivity index is 5.06. The first-order valence-electron chi connectivity index (χ1n) is 6.62. The summed E-state index contributed by atoms with van der Waals surface area (Å²) in [6, 6.07) is 0. The number of aliphatic carboxylic acids is 2. The van der Waals surface area contributed by atoms with Crippen LogP contribution in [-0.4, -0.2) is 81.6 Å². The van der Waals surface area contributed by atoms with Crippen molar-refractivity contribution in [1.82, 2.24) is 0 Å². The Labute approximate surface area is 131 Å². The fourth-order valence-corrected chi connectivity index (χ4v) is 1.77. The maximum atomic E-state index is 11.6. The van der Waals surface area contributed by atoms with Gasteiger partial charge in [-0.2, -0.15) is 0 Å². The number of carboxylic acids is 2. The summed E-state index contributed by atoms with van der Waals surface area (Å²) >= 11 is 0. The molecule has 0 aromatic rings. The quantitative estimate of drug-likeness (QED) is 0.232. The SMILES string of the molecule is O=C(O)CC(=O)COC(CC(=O)CC(=O)O)C(CO)(CO)CO. The summed E-state index contributed by atoms with van der Waals surface area (Å²) in [5.74, 6) is -4.39. The summed E-state index contributed by atoms with van der Waals surface area (Å²) < 4.78 is 5.09. The second-order valence-electron chi connectivity index (χ2n) is 5.06. The summed E-state index contributed by atoms with van der Waals surface area (Å²) in [6.45, 7) is -3.10. The first kappa shape index (κ1) is 21.1. The van der Waals surface area contributed by atoms with Crippen LogP contribution in [-0.2, 0) is 23.9 Å². The molecular formula is C13H20O10. The molecule has 0 aromatic heterocycles. The van der Waals surface area contributed by atoms with Gasteiger partial charge in [-0.25, -0.2) is 0 Å². The van der Waals surface area contributed by atoms with Gasteiger partial charge in [0.25, 0.3) is 0 Å². The molecule has 1 unspecified atom stereocenters. The molecule has 0 rings (SSSR count). The number of rotatable bonds is 13. The van der Waals surface area contributed by atoms with Gasteiger partial charge in [0.05, 0.1) is 31.3 Å². The van der Waals surface area contributed by atoms with Crippen molar-refractivity contribution in [3.63, 3.8) is 0 Å². The van der Waals surface area contributed by atoms with Crippen LogP contribution < -0.4 is 0 Å². The Morgan fingerprint density at radius 1 is 0.826 bits per heavy atom. The van der Waals surface area contributed by atoms with E-state index in [9.17, 15) is 34.5 Å². The molecule has 0 saturated heterocycles. The fraction of sp³-hybridized carbons (Fsp3) is 0.692. The van der Waals surface area contributed by atoms with Crippen molar-refractivity contribution in [3.05, 3.63) is 0 Å². The number of carbonyl (C=O) groups is 4. The molecule has 132 valence electrons. The standard InChI is InChI=1S/C13H20O10/c14-5-13(6-15,7-16)10(1-8(17)2-11(19)20)23-4-9(18)3-12(21)22/h10,14-16H,1-7H2,(H,19,20)(H,21,22). The van der Waals surface area contributed by atoms with Crippen molar-refractivity contribution in [3.8, 4) is 0 Å². The summed E-state index contributed by atoms with van der Waals surface area (Å²) in [7, 11) is 0. The molecule has 10 nitrogen and oxygen atoms in total. The molecule has 0 fully saturated rings. The van der Waals surface area contributed by atoms with Gasteiger partial charge in [0.2, 0.25) is 0 Å². The van der Waals surface area contributed by atoms with Crippen molar-refractivity contribution in [2.75, 3.05) is 26.4 Å². The number of ketones is 2. The number of aliphatic hydroxyl groups excluding tert-OH is 3. The van der Waals surface area contributed by atoms with E-state index in [-0.39, 0.29) is 0 Å². The zero-order valence-electron chi connectivity index (χ0n) is 12.3. The third-order valence-corrected chi connectivity index (χ3v) is 3.18. The third kappa shape index (κ3) is 7.28. The molecule has 5 N–H and O–H groups in total. The number of aliphatic hydroxyl groups is 3. The minimum absolute atomic E-state index is 0.575. The van der Waals surface area contributed by atoms with E-state index >= 15 is 0 Å². The van der Waals surface area contributed by atoms with Crippen LogP contribution in [0.4, 0.5) is 0 Å². The van der Waals surface area contributed by atoms with Crippen molar-refractivity contribution in [1.29, 1.82) is 0 Å². The van der Waals surface area contributed by atoms with E-state index in [1.807, 2.05) is 0 Å². The summed E-state index contributed by atoms with van der Waals surface area (Å²) in [5, 5.41) is 45.1. The Bertz CT molecular complexity index is 432. The maximum absolute atomic E-state index is 11.6. The molecule has 0 aliphatic carbocycles. The topological polar surface area (TPSA) is 179 Å². The molecule has 1 atom stereocenters. The highest BCUT2D eigenvalue weighted by atomic mass is 16.5. The maximum Gasteiger partial charge on any atom is 0.310 e. The number of carbonyl (C=O) groups excluding carboxylic acids is 2. The van der Waals surface area contributed by atoms with Crippen molar-refractivity contribution >= 4 is 23.5 Å². The van der Waals surface area contributed by atoms with Gasteiger partial charge < -0.3 is 30.3 Å². The van der Waals surface area contributed by atoms with Gasteiger partial charge in [-0.15, -0.1) is 0 Å². The van der Waals surface area contributed by atoms with Gasteiger partial charge in [-0.05, 0) is 0 Å². The Kier molecular flexibility index (Phi) is 9.18. The molecule has 0 aromatic carbocycles. The van der Waals surface area contributed by atoms with Crippen LogP contribution in [0.15, 0.2) is 0 Å².